The molecule has 0 heterocycles. The van der Waals surface area contributed by atoms with E-state index in [2.05, 4.69) is 5.32 Å². The van der Waals surface area contributed by atoms with E-state index in [1.807, 2.05) is 12.1 Å². The first-order valence-electron chi connectivity index (χ1n) is 7.37. The molecule has 5 nitrogen and oxygen atoms in total. The third kappa shape index (κ3) is 4.81. The minimum absolute atomic E-state index is 0.0600. The number of nitrogens with one attached hydrogen (secondary N) is 1. The zero-order chi connectivity index (χ0) is 17.5. The van der Waals surface area contributed by atoms with Crippen LogP contribution in [0.3, 0.4) is 0 Å². The average molecular weight is 331 g/mol. The molecule has 6 heteroatoms. The van der Waals surface area contributed by atoms with Gasteiger partial charge in [-0.2, -0.15) is 0 Å². The molecule has 24 heavy (non-hydrogen) atoms. The lowest BCUT2D eigenvalue weighted by Gasteiger charge is -2.13. The van der Waals surface area contributed by atoms with Gasteiger partial charge in [-0.3, -0.25) is 4.79 Å². The summed E-state index contributed by atoms with van der Waals surface area (Å²) in [7, 11) is 1.57. The summed E-state index contributed by atoms with van der Waals surface area (Å²) in [6.07, 6.45) is -0.987. The standard InChI is InChI=1S/C18H18FNO4/c1-12(24-18(22)14-4-3-5-15(19)10-14)17(21)20-11-13-6-8-16(23-2)9-7-13/h3-10,12H,11H2,1-2H3,(H,20,21)/t12-/m1/s1. The van der Waals surface area contributed by atoms with Crippen molar-refractivity contribution in [2.24, 2.45) is 0 Å². The molecule has 0 saturated heterocycles. The van der Waals surface area contributed by atoms with E-state index in [9.17, 15) is 14.0 Å². The molecule has 0 aliphatic rings. The molecule has 2 rings (SSSR count). The van der Waals surface area contributed by atoms with E-state index in [4.69, 9.17) is 9.47 Å². The maximum atomic E-state index is 13.1. The lowest BCUT2D eigenvalue weighted by Crippen LogP contribution is -2.35. The van der Waals surface area contributed by atoms with Gasteiger partial charge < -0.3 is 14.8 Å². The predicted molar refractivity (Wildman–Crippen MR) is 86.1 cm³/mol. The van der Waals surface area contributed by atoms with Crippen LogP contribution in [0, 0.1) is 5.82 Å². The van der Waals surface area contributed by atoms with E-state index in [0.29, 0.717) is 6.54 Å². The number of esters is 1. The first-order valence-corrected chi connectivity index (χ1v) is 7.37. The molecule has 2 aromatic rings. The van der Waals surface area contributed by atoms with Crippen molar-refractivity contribution in [2.45, 2.75) is 19.6 Å². The lowest BCUT2D eigenvalue weighted by molar-refractivity contribution is -0.129. The molecule has 0 radical (unpaired) electrons. The third-order valence-corrected chi connectivity index (χ3v) is 3.34. The highest BCUT2D eigenvalue weighted by Gasteiger charge is 2.18. The molecule has 0 saturated carbocycles. The summed E-state index contributed by atoms with van der Waals surface area (Å²) in [5.74, 6) is -0.999. The Morgan fingerprint density at radius 1 is 1.17 bits per heavy atom. The molecule has 0 bridgehead atoms. The number of carbonyl (C=O) groups is 2. The van der Waals surface area contributed by atoms with Gasteiger partial charge in [0.05, 0.1) is 12.7 Å². The Bertz CT molecular complexity index is 715. The molecule has 1 N–H and O–H groups in total. The van der Waals surface area contributed by atoms with E-state index in [1.54, 1.807) is 19.2 Å². The second kappa shape index (κ2) is 8.10. The van der Waals surface area contributed by atoms with E-state index in [0.717, 1.165) is 17.4 Å². The highest BCUT2D eigenvalue weighted by molar-refractivity contribution is 5.92. The van der Waals surface area contributed by atoms with Crippen molar-refractivity contribution < 1.29 is 23.5 Å². The monoisotopic (exact) mass is 331 g/mol. The Morgan fingerprint density at radius 2 is 1.88 bits per heavy atom. The molecular formula is C18H18FNO4. The summed E-state index contributed by atoms with van der Waals surface area (Å²) in [6.45, 7) is 1.76. The molecular weight excluding hydrogens is 313 g/mol. The largest absolute Gasteiger partial charge is 0.497 e. The van der Waals surface area contributed by atoms with Gasteiger partial charge in [-0.1, -0.05) is 18.2 Å². The molecule has 0 unspecified atom stereocenters. The number of rotatable bonds is 6. The summed E-state index contributed by atoms with van der Waals surface area (Å²) >= 11 is 0. The van der Waals surface area contributed by atoms with Crippen molar-refractivity contribution in [3.05, 3.63) is 65.5 Å². The van der Waals surface area contributed by atoms with Gasteiger partial charge in [-0.05, 0) is 42.8 Å². The summed E-state index contributed by atoms with van der Waals surface area (Å²) < 4.78 is 23.2. The Hall–Kier alpha value is -2.89. The number of hydrogen-bond donors (Lipinski definition) is 1. The molecule has 126 valence electrons. The first-order chi connectivity index (χ1) is 11.5. The highest BCUT2D eigenvalue weighted by Crippen LogP contribution is 2.11. The predicted octanol–water partition coefficient (Wildman–Crippen LogP) is 2.70. The quantitative estimate of drug-likeness (QED) is 0.827. The smallest absolute Gasteiger partial charge is 0.339 e. The number of ether oxygens (including phenoxy) is 2. The number of benzene rings is 2. The van der Waals surface area contributed by atoms with Gasteiger partial charge in [0.1, 0.15) is 11.6 Å². The molecule has 0 aromatic heterocycles. The van der Waals surface area contributed by atoms with E-state index >= 15 is 0 Å². The van der Waals surface area contributed by atoms with Crippen LogP contribution in [0.15, 0.2) is 48.5 Å². The number of hydrogen-bond acceptors (Lipinski definition) is 4. The van der Waals surface area contributed by atoms with Crippen molar-refractivity contribution >= 4 is 11.9 Å². The zero-order valence-electron chi connectivity index (χ0n) is 13.4. The van der Waals surface area contributed by atoms with Crippen LogP contribution >= 0.6 is 0 Å². The fraction of sp³-hybridized carbons (Fsp3) is 0.222. The van der Waals surface area contributed by atoms with Crippen molar-refractivity contribution in [1.82, 2.24) is 5.32 Å². The van der Waals surface area contributed by atoms with Crippen molar-refractivity contribution in [2.75, 3.05) is 7.11 Å². The Balaban J connectivity index is 1.86. The zero-order valence-corrected chi connectivity index (χ0v) is 13.4. The number of amides is 1. The number of methoxy groups -OCH3 is 1. The highest BCUT2D eigenvalue weighted by atomic mass is 19.1. The molecule has 0 aliphatic carbocycles. The first kappa shape index (κ1) is 17.5. The van der Waals surface area contributed by atoms with Gasteiger partial charge in [0.25, 0.3) is 5.91 Å². The lowest BCUT2D eigenvalue weighted by atomic mass is 10.2. The van der Waals surface area contributed by atoms with E-state index in [-0.39, 0.29) is 5.56 Å². The SMILES string of the molecule is COc1ccc(CNC(=O)[C@@H](C)OC(=O)c2cccc(F)c2)cc1. The van der Waals surface area contributed by atoms with Gasteiger partial charge in [-0.25, -0.2) is 9.18 Å². The van der Waals surface area contributed by atoms with Gasteiger partial charge in [-0.15, -0.1) is 0 Å². The summed E-state index contributed by atoms with van der Waals surface area (Å²) in [5.41, 5.74) is 0.942. The van der Waals surface area contributed by atoms with Crippen molar-refractivity contribution in [3.8, 4) is 5.75 Å². The topological polar surface area (TPSA) is 64.6 Å². The summed E-state index contributed by atoms with van der Waals surface area (Å²) in [5, 5.41) is 2.67. The third-order valence-electron chi connectivity index (χ3n) is 3.34. The van der Waals surface area contributed by atoms with Gasteiger partial charge >= 0.3 is 5.97 Å². The van der Waals surface area contributed by atoms with Crippen molar-refractivity contribution in [3.63, 3.8) is 0 Å². The Kier molecular flexibility index (Phi) is 5.89. The number of carbonyl (C=O) groups excluding carboxylic acids is 2. The molecule has 1 amide bonds. The molecule has 0 aliphatic heterocycles. The summed E-state index contributed by atoms with van der Waals surface area (Å²) in [6, 6.07) is 12.3. The van der Waals surface area contributed by atoms with E-state index in [1.165, 1.54) is 25.1 Å². The van der Waals surface area contributed by atoms with Crippen LogP contribution in [-0.4, -0.2) is 25.1 Å². The average Bonchev–Trinajstić information content (AvgIpc) is 2.60. The van der Waals surface area contributed by atoms with Crippen LogP contribution in [0.1, 0.15) is 22.8 Å². The number of halogens is 1. The van der Waals surface area contributed by atoms with Gasteiger partial charge in [0.15, 0.2) is 6.10 Å². The summed E-state index contributed by atoms with van der Waals surface area (Å²) in [4.78, 5) is 23.9. The van der Waals surface area contributed by atoms with Gasteiger partial charge in [0, 0.05) is 6.54 Å². The van der Waals surface area contributed by atoms with Crippen LogP contribution in [-0.2, 0) is 16.1 Å². The molecule has 0 spiro atoms. The second-order valence-corrected chi connectivity index (χ2v) is 5.12. The maximum Gasteiger partial charge on any atom is 0.339 e. The fourth-order valence-corrected chi connectivity index (χ4v) is 1.97. The van der Waals surface area contributed by atoms with Crippen LogP contribution in [0.5, 0.6) is 5.75 Å². The minimum atomic E-state index is -0.987. The Labute approximate surface area is 139 Å². The van der Waals surface area contributed by atoms with Crippen LogP contribution in [0.4, 0.5) is 4.39 Å². The molecule has 2 aromatic carbocycles. The van der Waals surface area contributed by atoms with E-state index < -0.39 is 23.8 Å². The van der Waals surface area contributed by atoms with Crippen LogP contribution < -0.4 is 10.1 Å². The van der Waals surface area contributed by atoms with Crippen molar-refractivity contribution in [1.29, 1.82) is 0 Å². The van der Waals surface area contributed by atoms with Gasteiger partial charge in [0.2, 0.25) is 0 Å². The maximum absolute atomic E-state index is 13.1. The molecule has 0 fully saturated rings. The minimum Gasteiger partial charge on any atom is -0.497 e. The normalized spacial score (nSPS) is 11.5. The van der Waals surface area contributed by atoms with Crippen LogP contribution in [0.25, 0.3) is 0 Å². The molecule has 1 atom stereocenters. The Morgan fingerprint density at radius 3 is 2.50 bits per heavy atom. The second-order valence-electron chi connectivity index (χ2n) is 5.12. The fourth-order valence-electron chi connectivity index (χ4n) is 1.97. The van der Waals surface area contributed by atoms with Crippen LogP contribution in [0.2, 0.25) is 0 Å².